The van der Waals surface area contributed by atoms with Gasteiger partial charge in [0.2, 0.25) is 0 Å². The molecule has 0 amide bonds. The summed E-state index contributed by atoms with van der Waals surface area (Å²) in [5.74, 6) is 0. The van der Waals surface area contributed by atoms with Gasteiger partial charge in [0, 0.05) is 48.1 Å². The molecule has 5 nitrogen and oxygen atoms in total. The molecule has 0 radical (unpaired) electrons. The van der Waals surface area contributed by atoms with Crippen LogP contribution in [0.2, 0.25) is 0 Å². The van der Waals surface area contributed by atoms with E-state index in [4.69, 9.17) is 0 Å². The topological polar surface area (TPSA) is 44.2 Å². The molecule has 26 heavy (non-hydrogen) atoms. The SMILES string of the molecule is CC.CCc1cn2ccc(-c3cnn(C)c3)c2c(=O)n1-c1ccccc1. The molecule has 3 aromatic heterocycles. The molecule has 4 rings (SSSR count). The van der Waals surface area contributed by atoms with Gasteiger partial charge in [-0.05, 0) is 24.6 Å². The predicted octanol–water partition coefficient (Wildman–Crippen LogP) is 4.08. The highest BCUT2D eigenvalue weighted by Gasteiger charge is 2.15. The maximum absolute atomic E-state index is 13.3. The standard InChI is InChI=1S/C19H18N4O.C2H6/c1-3-15-13-22-10-9-17(14-11-20-21(2)12-14)18(22)19(24)23(15)16-7-5-4-6-8-16;1-2/h4-13H,3H2,1-2H3;1-2H3. The largest absolute Gasteiger partial charge is 0.317 e. The highest BCUT2D eigenvalue weighted by atomic mass is 16.1. The van der Waals surface area contributed by atoms with Crippen molar-refractivity contribution in [1.29, 1.82) is 0 Å². The van der Waals surface area contributed by atoms with E-state index in [-0.39, 0.29) is 5.56 Å². The Hall–Kier alpha value is -3.08. The summed E-state index contributed by atoms with van der Waals surface area (Å²) in [6.45, 7) is 6.06. The van der Waals surface area contributed by atoms with Gasteiger partial charge in [-0.2, -0.15) is 5.10 Å². The Bertz CT molecular complexity index is 1070. The first-order valence-corrected chi connectivity index (χ1v) is 8.99. The minimum atomic E-state index is -0.00981. The van der Waals surface area contributed by atoms with Crippen LogP contribution in [0.1, 0.15) is 26.5 Å². The van der Waals surface area contributed by atoms with Gasteiger partial charge in [-0.15, -0.1) is 0 Å². The van der Waals surface area contributed by atoms with Crippen molar-refractivity contribution in [3.8, 4) is 16.8 Å². The lowest BCUT2D eigenvalue weighted by Gasteiger charge is -2.13. The Morgan fingerprint density at radius 2 is 1.77 bits per heavy atom. The fourth-order valence-electron chi connectivity index (χ4n) is 3.14. The predicted molar refractivity (Wildman–Crippen MR) is 106 cm³/mol. The zero-order chi connectivity index (χ0) is 18.7. The molecule has 0 aliphatic heterocycles. The Balaban J connectivity index is 0.000000948. The fourth-order valence-corrected chi connectivity index (χ4v) is 3.14. The molecule has 4 aromatic rings. The maximum Gasteiger partial charge on any atom is 0.280 e. The van der Waals surface area contributed by atoms with Crippen molar-refractivity contribution in [3.05, 3.63) is 77.2 Å². The summed E-state index contributed by atoms with van der Waals surface area (Å²) in [5.41, 5.74) is 4.38. The number of rotatable bonds is 3. The molecule has 0 aliphatic carbocycles. The van der Waals surface area contributed by atoms with Crippen LogP contribution in [0.15, 0.2) is 66.0 Å². The Morgan fingerprint density at radius 3 is 2.38 bits per heavy atom. The molecular weight excluding hydrogens is 324 g/mol. The van der Waals surface area contributed by atoms with Crippen LogP contribution in [0.4, 0.5) is 0 Å². The molecule has 0 N–H and O–H groups in total. The second-order valence-corrected chi connectivity index (χ2v) is 5.84. The third-order valence-electron chi connectivity index (χ3n) is 4.29. The molecule has 1 aromatic carbocycles. The van der Waals surface area contributed by atoms with Crippen LogP contribution in [0, 0.1) is 0 Å². The van der Waals surface area contributed by atoms with Crippen molar-refractivity contribution in [2.24, 2.45) is 7.05 Å². The minimum absolute atomic E-state index is 0.00981. The van der Waals surface area contributed by atoms with E-state index in [0.717, 1.165) is 28.9 Å². The van der Waals surface area contributed by atoms with Gasteiger partial charge in [0.05, 0.1) is 6.20 Å². The van der Waals surface area contributed by atoms with Crippen LogP contribution in [0.3, 0.4) is 0 Å². The summed E-state index contributed by atoms with van der Waals surface area (Å²) in [6, 6.07) is 11.8. The highest BCUT2D eigenvalue weighted by Crippen LogP contribution is 2.24. The van der Waals surface area contributed by atoms with Gasteiger partial charge in [-0.3, -0.25) is 14.0 Å². The number of benzene rings is 1. The molecule has 0 unspecified atom stereocenters. The lowest BCUT2D eigenvalue weighted by Crippen LogP contribution is -2.23. The number of para-hydroxylation sites is 1. The molecule has 0 bridgehead atoms. The fraction of sp³-hybridized carbons (Fsp3) is 0.238. The van der Waals surface area contributed by atoms with Gasteiger partial charge in [0.1, 0.15) is 5.52 Å². The summed E-state index contributed by atoms with van der Waals surface area (Å²) < 4.78 is 5.47. The minimum Gasteiger partial charge on any atom is -0.317 e. The van der Waals surface area contributed by atoms with E-state index in [9.17, 15) is 4.79 Å². The van der Waals surface area contributed by atoms with Gasteiger partial charge in [0.25, 0.3) is 5.56 Å². The molecule has 0 aliphatic rings. The van der Waals surface area contributed by atoms with Crippen molar-refractivity contribution in [3.63, 3.8) is 0 Å². The van der Waals surface area contributed by atoms with Crippen molar-refractivity contribution in [1.82, 2.24) is 18.7 Å². The van der Waals surface area contributed by atoms with Crippen LogP contribution in [0.5, 0.6) is 0 Å². The highest BCUT2D eigenvalue weighted by molar-refractivity contribution is 5.80. The number of nitrogens with zero attached hydrogens (tertiary/aromatic N) is 4. The molecule has 0 fully saturated rings. The van der Waals surface area contributed by atoms with Gasteiger partial charge in [0.15, 0.2) is 0 Å². The lowest BCUT2D eigenvalue weighted by molar-refractivity contribution is 0.768. The summed E-state index contributed by atoms with van der Waals surface area (Å²) >= 11 is 0. The molecule has 0 saturated carbocycles. The molecule has 5 heteroatoms. The first-order valence-electron chi connectivity index (χ1n) is 8.99. The first-order chi connectivity index (χ1) is 12.7. The van der Waals surface area contributed by atoms with Crippen LogP contribution < -0.4 is 5.56 Å². The van der Waals surface area contributed by atoms with E-state index in [1.54, 1.807) is 15.4 Å². The van der Waals surface area contributed by atoms with Crippen LogP contribution in [-0.2, 0) is 13.5 Å². The number of fused-ring (bicyclic) bond motifs is 1. The first kappa shape index (κ1) is 17.7. The monoisotopic (exact) mass is 348 g/mol. The Labute approximate surface area is 153 Å². The lowest BCUT2D eigenvalue weighted by atomic mass is 10.1. The zero-order valence-electron chi connectivity index (χ0n) is 15.7. The van der Waals surface area contributed by atoms with Crippen molar-refractivity contribution in [2.45, 2.75) is 27.2 Å². The summed E-state index contributed by atoms with van der Waals surface area (Å²) in [4.78, 5) is 13.3. The molecular formula is C21H24N4O. The number of aromatic nitrogens is 4. The van der Waals surface area contributed by atoms with E-state index in [1.807, 2.05) is 80.3 Å². The maximum atomic E-state index is 13.3. The van der Waals surface area contributed by atoms with Crippen molar-refractivity contribution in [2.75, 3.05) is 0 Å². The average Bonchev–Trinajstić information content (AvgIpc) is 3.30. The van der Waals surface area contributed by atoms with Gasteiger partial charge < -0.3 is 4.40 Å². The number of aryl methyl sites for hydroxylation is 2. The average molecular weight is 348 g/mol. The molecule has 0 atom stereocenters. The smallest absolute Gasteiger partial charge is 0.280 e. The van der Waals surface area contributed by atoms with E-state index in [1.165, 1.54) is 0 Å². The van der Waals surface area contributed by atoms with Gasteiger partial charge >= 0.3 is 0 Å². The second-order valence-electron chi connectivity index (χ2n) is 5.84. The third-order valence-corrected chi connectivity index (χ3v) is 4.29. The second kappa shape index (κ2) is 7.44. The number of hydrogen-bond donors (Lipinski definition) is 0. The molecule has 0 saturated heterocycles. The number of hydrogen-bond acceptors (Lipinski definition) is 2. The Kier molecular flexibility index (Phi) is 5.07. The zero-order valence-corrected chi connectivity index (χ0v) is 15.7. The quantitative estimate of drug-likeness (QED) is 0.560. The molecule has 134 valence electrons. The van der Waals surface area contributed by atoms with Crippen LogP contribution >= 0.6 is 0 Å². The third kappa shape index (κ3) is 2.96. The molecule has 0 spiro atoms. The van der Waals surface area contributed by atoms with E-state index >= 15 is 0 Å². The van der Waals surface area contributed by atoms with E-state index < -0.39 is 0 Å². The normalized spacial score (nSPS) is 10.6. The van der Waals surface area contributed by atoms with Gasteiger partial charge in [-0.25, -0.2) is 0 Å². The Morgan fingerprint density at radius 1 is 1.04 bits per heavy atom. The summed E-state index contributed by atoms with van der Waals surface area (Å²) in [6.07, 6.45) is 8.46. The van der Waals surface area contributed by atoms with E-state index in [0.29, 0.717) is 5.52 Å². The van der Waals surface area contributed by atoms with Gasteiger partial charge in [-0.1, -0.05) is 39.0 Å². The summed E-state index contributed by atoms with van der Waals surface area (Å²) in [7, 11) is 1.87. The van der Waals surface area contributed by atoms with E-state index in [2.05, 4.69) is 12.0 Å². The summed E-state index contributed by atoms with van der Waals surface area (Å²) in [5, 5.41) is 4.22. The van der Waals surface area contributed by atoms with Crippen LogP contribution in [0.25, 0.3) is 22.3 Å². The van der Waals surface area contributed by atoms with Crippen LogP contribution in [-0.4, -0.2) is 18.7 Å². The van der Waals surface area contributed by atoms with Crippen molar-refractivity contribution < 1.29 is 0 Å². The van der Waals surface area contributed by atoms with Crippen molar-refractivity contribution >= 4 is 5.52 Å². The molecule has 3 heterocycles.